The highest BCUT2D eigenvalue weighted by Crippen LogP contribution is 2.09. The maximum absolute atomic E-state index is 5.82. The van der Waals surface area contributed by atoms with Crippen LogP contribution in [0.25, 0.3) is 0 Å². The first kappa shape index (κ1) is 16.8. The lowest BCUT2D eigenvalue weighted by molar-refractivity contribution is 0.107. The summed E-state index contributed by atoms with van der Waals surface area (Å²) in [4.78, 5) is 8.13. The van der Waals surface area contributed by atoms with Gasteiger partial charge in [0.05, 0.1) is 11.0 Å². The maximum atomic E-state index is 5.82. The van der Waals surface area contributed by atoms with Gasteiger partial charge in [-0.3, -0.25) is 9.80 Å². The van der Waals surface area contributed by atoms with Gasteiger partial charge in [0.15, 0.2) is 0 Å². The normalized spacial score (nSPS) is 19.8. The van der Waals surface area contributed by atoms with E-state index in [0.29, 0.717) is 11.0 Å². The van der Waals surface area contributed by atoms with Crippen LogP contribution in [-0.2, 0) is 0 Å². The van der Waals surface area contributed by atoms with Gasteiger partial charge in [-0.1, -0.05) is 33.0 Å². The summed E-state index contributed by atoms with van der Waals surface area (Å²) in [5, 5.41) is 0. The Morgan fingerprint density at radius 3 is 2.16 bits per heavy atom. The lowest BCUT2D eigenvalue weighted by Gasteiger charge is -2.39. The van der Waals surface area contributed by atoms with Gasteiger partial charge in [-0.15, -0.1) is 0 Å². The predicted molar refractivity (Wildman–Crippen MR) is 86.7 cm³/mol. The number of nitrogens with two attached hydrogens (primary N) is 1. The zero-order chi connectivity index (χ0) is 14.3. The number of nitrogens with zero attached hydrogens (tertiary/aromatic N) is 3. The second-order valence-corrected chi connectivity index (χ2v) is 5.70. The lowest BCUT2D eigenvalue weighted by atomic mass is 10.1. The molecule has 1 saturated heterocycles. The Kier molecular flexibility index (Phi) is 7.83. The molecule has 2 N–H and O–H groups in total. The van der Waals surface area contributed by atoms with Crippen molar-refractivity contribution < 1.29 is 0 Å². The molecule has 1 aliphatic rings. The number of rotatable bonds is 8. The molecule has 0 saturated carbocycles. The average Bonchev–Trinajstić information content (AvgIpc) is 2.42. The van der Waals surface area contributed by atoms with E-state index in [9.17, 15) is 0 Å². The Morgan fingerprint density at radius 2 is 1.74 bits per heavy atom. The molecule has 0 aromatic heterocycles. The largest absolute Gasteiger partial charge is 0.392 e. The van der Waals surface area contributed by atoms with Gasteiger partial charge in [0.1, 0.15) is 0 Å². The molecule has 0 amide bonds. The summed E-state index contributed by atoms with van der Waals surface area (Å²) in [6.45, 7) is 15.7. The Morgan fingerprint density at radius 1 is 1.16 bits per heavy atom. The summed E-state index contributed by atoms with van der Waals surface area (Å²) < 4.78 is 0. The summed E-state index contributed by atoms with van der Waals surface area (Å²) in [6.07, 6.45) is 1.02. The SMILES string of the molecule is CCC(C(N)=S)N1CCN(CCN(CC)CC)CC1. The standard InChI is InChI=1S/C14H30N4S/c1-4-13(14(15)19)18-11-9-17(10-12-18)8-7-16(5-2)6-3/h13H,4-12H2,1-3H3,(H2,15,19). The van der Waals surface area contributed by atoms with Crippen LogP contribution in [0, 0.1) is 0 Å². The first-order chi connectivity index (χ1) is 9.12. The fraction of sp³-hybridized carbons (Fsp3) is 0.929. The second-order valence-electron chi connectivity index (χ2n) is 5.23. The van der Waals surface area contributed by atoms with Crippen LogP contribution in [0.2, 0.25) is 0 Å². The fourth-order valence-corrected chi connectivity index (χ4v) is 3.08. The van der Waals surface area contributed by atoms with Crippen molar-refractivity contribution in [3.05, 3.63) is 0 Å². The van der Waals surface area contributed by atoms with Crippen LogP contribution < -0.4 is 5.73 Å². The zero-order valence-corrected chi connectivity index (χ0v) is 13.6. The Hall–Kier alpha value is -0.230. The molecule has 1 atom stereocenters. The van der Waals surface area contributed by atoms with E-state index in [1.165, 1.54) is 13.1 Å². The molecule has 19 heavy (non-hydrogen) atoms. The zero-order valence-electron chi connectivity index (χ0n) is 12.8. The smallest absolute Gasteiger partial charge is 0.0901 e. The van der Waals surface area contributed by atoms with Crippen LogP contribution in [-0.4, -0.2) is 78.1 Å². The first-order valence-corrected chi connectivity index (χ1v) is 8.01. The molecule has 0 aliphatic carbocycles. The van der Waals surface area contributed by atoms with Gasteiger partial charge in [-0.25, -0.2) is 0 Å². The third-order valence-corrected chi connectivity index (χ3v) is 4.46. The summed E-state index contributed by atoms with van der Waals surface area (Å²) >= 11 is 5.16. The van der Waals surface area contributed by atoms with Gasteiger partial charge in [-0.2, -0.15) is 0 Å². The molecule has 4 nitrogen and oxygen atoms in total. The second kappa shape index (κ2) is 8.84. The molecule has 5 heteroatoms. The van der Waals surface area contributed by atoms with Crippen LogP contribution in [0.4, 0.5) is 0 Å². The molecule has 0 aromatic carbocycles. The minimum Gasteiger partial charge on any atom is -0.392 e. The van der Waals surface area contributed by atoms with E-state index in [-0.39, 0.29) is 0 Å². The highest BCUT2D eigenvalue weighted by atomic mass is 32.1. The molecule has 1 unspecified atom stereocenters. The van der Waals surface area contributed by atoms with Crippen molar-refractivity contribution in [1.29, 1.82) is 0 Å². The molecule has 1 heterocycles. The van der Waals surface area contributed by atoms with Gasteiger partial charge in [0, 0.05) is 39.3 Å². The third-order valence-electron chi connectivity index (χ3n) is 4.19. The van der Waals surface area contributed by atoms with Crippen molar-refractivity contribution in [2.75, 3.05) is 52.4 Å². The van der Waals surface area contributed by atoms with Gasteiger partial charge in [0.2, 0.25) is 0 Å². The molecule has 0 radical (unpaired) electrons. The van der Waals surface area contributed by atoms with Gasteiger partial charge < -0.3 is 10.6 Å². The van der Waals surface area contributed by atoms with Crippen LogP contribution in [0.3, 0.4) is 0 Å². The minimum atomic E-state index is 0.292. The van der Waals surface area contributed by atoms with Gasteiger partial charge in [0.25, 0.3) is 0 Å². The lowest BCUT2D eigenvalue weighted by Crippen LogP contribution is -2.54. The van der Waals surface area contributed by atoms with E-state index >= 15 is 0 Å². The van der Waals surface area contributed by atoms with E-state index in [4.69, 9.17) is 18.0 Å². The average molecular weight is 286 g/mol. The van der Waals surface area contributed by atoms with Crippen LogP contribution >= 0.6 is 12.2 Å². The molecule has 112 valence electrons. The van der Waals surface area contributed by atoms with E-state index in [1.807, 2.05) is 0 Å². The molecule has 1 aliphatic heterocycles. The van der Waals surface area contributed by atoms with Gasteiger partial charge >= 0.3 is 0 Å². The number of hydrogen-bond donors (Lipinski definition) is 1. The molecule has 0 spiro atoms. The monoisotopic (exact) mass is 286 g/mol. The van der Waals surface area contributed by atoms with Crippen molar-refractivity contribution in [3.8, 4) is 0 Å². The molecule has 0 bridgehead atoms. The summed E-state index contributed by atoms with van der Waals surface area (Å²) in [5.41, 5.74) is 5.82. The summed E-state index contributed by atoms with van der Waals surface area (Å²) in [5.74, 6) is 0. The van der Waals surface area contributed by atoms with Crippen LogP contribution in [0.5, 0.6) is 0 Å². The van der Waals surface area contributed by atoms with E-state index in [1.54, 1.807) is 0 Å². The molecule has 0 aromatic rings. The molecule has 1 fully saturated rings. The van der Waals surface area contributed by atoms with Crippen molar-refractivity contribution in [1.82, 2.24) is 14.7 Å². The first-order valence-electron chi connectivity index (χ1n) is 7.60. The van der Waals surface area contributed by atoms with Crippen molar-refractivity contribution in [2.24, 2.45) is 5.73 Å². The van der Waals surface area contributed by atoms with Gasteiger partial charge in [-0.05, 0) is 19.5 Å². The van der Waals surface area contributed by atoms with Crippen molar-refractivity contribution in [3.63, 3.8) is 0 Å². The van der Waals surface area contributed by atoms with Crippen molar-refractivity contribution >= 4 is 17.2 Å². The van der Waals surface area contributed by atoms with E-state index < -0.39 is 0 Å². The van der Waals surface area contributed by atoms with Crippen LogP contribution in [0.15, 0.2) is 0 Å². The summed E-state index contributed by atoms with van der Waals surface area (Å²) in [7, 11) is 0. The number of piperazine rings is 1. The molecule has 1 rings (SSSR count). The molecular formula is C14H30N4S. The topological polar surface area (TPSA) is 35.7 Å². The highest BCUT2D eigenvalue weighted by molar-refractivity contribution is 7.80. The predicted octanol–water partition coefficient (Wildman–Crippen LogP) is 1.01. The number of likely N-dealkylation sites (N-methyl/N-ethyl adjacent to an activating group) is 1. The van der Waals surface area contributed by atoms with Crippen LogP contribution in [0.1, 0.15) is 27.2 Å². The number of thiocarbonyl (C=S) groups is 1. The Labute approximate surface area is 123 Å². The fourth-order valence-electron chi connectivity index (χ4n) is 2.76. The third kappa shape index (κ3) is 5.34. The van der Waals surface area contributed by atoms with E-state index in [0.717, 1.165) is 45.7 Å². The minimum absolute atomic E-state index is 0.292. The highest BCUT2D eigenvalue weighted by Gasteiger charge is 2.24. The van der Waals surface area contributed by atoms with E-state index in [2.05, 4.69) is 35.5 Å². The molecular weight excluding hydrogens is 256 g/mol. The summed E-state index contributed by atoms with van der Waals surface area (Å²) in [6, 6.07) is 0.292. The quantitative estimate of drug-likeness (QED) is 0.674. The number of hydrogen-bond acceptors (Lipinski definition) is 4. The Balaban J connectivity index is 2.30. The Bertz CT molecular complexity index is 260. The maximum Gasteiger partial charge on any atom is 0.0901 e. The van der Waals surface area contributed by atoms with Crippen molar-refractivity contribution in [2.45, 2.75) is 33.2 Å².